The van der Waals surface area contributed by atoms with Gasteiger partial charge in [-0.3, -0.25) is 0 Å². The lowest BCUT2D eigenvalue weighted by Crippen LogP contribution is -2.46. The summed E-state index contributed by atoms with van der Waals surface area (Å²) in [6, 6.07) is 9.64. The summed E-state index contributed by atoms with van der Waals surface area (Å²) < 4.78 is 67.8. The maximum Gasteiger partial charge on any atom is 0.426 e. The lowest BCUT2D eigenvalue weighted by Gasteiger charge is -2.42. The molecule has 1 heterocycles. The Kier molecular flexibility index (Phi) is 5.98. The van der Waals surface area contributed by atoms with Crippen LogP contribution in [0.3, 0.4) is 0 Å². The first kappa shape index (κ1) is 23.0. The molecule has 3 atom stereocenters. The van der Waals surface area contributed by atoms with Crippen molar-refractivity contribution in [2.45, 2.75) is 62.8 Å². The van der Waals surface area contributed by atoms with E-state index in [1.807, 2.05) is 6.07 Å². The Morgan fingerprint density at radius 1 is 1.10 bits per heavy atom. The highest BCUT2D eigenvalue weighted by Crippen LogP contribution is 2.48. The van der Waals surface area contributed by atoms with Gasteiger partial charge < -0.3 is 5.32 Å². The van der Waals surface area contributed by atoms with Crippen molar-refractivity contribution in [3.05, 3.63) is 70.0 Å². The molecule has 0 bridgehead atoms. The molecule has 1 fully saturated rings. The van der Waals surface area contributed by atoms with Crippen molar-refractivity contribution in [2.24, 2.45) is 0 Å². The van der Waals surface area contributed by atoms with Crippen LogP contribution in [-0.4, -0.2) is 18.8 Å². The Labute approximate surface area is 179 Å². The molecule has 2 aromatic carbocycles. The molecule has 1 aliphatic heterocycles. The summed E-state index contributed by atoms with van der Waals surface area (Å²) in [6.45, 7) is 3.12. The van der Waals surface area contributed by atoms with Gasteiger partial charge in [0.25, 0.3) is 0 Å². The SMILES string of the molecule is Cc1cc(CC23CCNC2CCc2cc(C(C)(F)C(F)(F)F)ccc23)ccc1F.Cl. The Morgan fingerprint density at radius 2 is 1.83 bits per heavy atom. The zero-order chi connectivity index (χ0) is 21.0. The van der Waals surface area contributed by atoms with Crippen LogP contribution in [-0.2, 0) is 23.9 Å². The molecule has 7 heteroatoms. The summed E-state index contributed by atoms with van der Waals surface area (Å²) in [7, 11) is 0. The molecule has 0 radical (unpaired) electrons. The largest absolute Gasteiger partial charge is 0.426 e. The van der Waals surface area contributed by atoms with Crippen molar-refractivity contribution < 1.29 is 22.0 Å². The summed E-state index contributed by atoms with van der Waals surface area (Å²) in [6.07, 6.45) is -2.06. The minimum Gasteiger partial charge on any atom is -0.313 e. The number of benzene rings is 2. The van der Waals surface area contributed by atoms with Crippen molar-refractivity contribution in [3.8, 4) is 0 Å². The molecular formula is C23H25ClF5N. The number of alkyl halides is 4. The summed E-state index contributed by atoms with van der Waals surface area (Å²) in [4.78, 5) is 0. The second-order valence-electron chi connectivity index (χ2n) is 8.58. The first-order valence-corrected chi connectivity index (χ1v) is 9.92. The van der Waals surface area contributed by atoms with E-state index in [9.17, 15) is 22.0 Å². The number of fused-ring (bicyclic) bond motifs is 3. The molecule has 0 spiro atoms. The Morgan fingerprint density at radius 3 is 2.50 bits per heavy atom. The van der Waals surface area contributed by atoms with Crippen LogP contribution in [0.4, 0.5) is 22.0 Å². The zero-order valence-electron chi connectivity index (χ0n) is 16.9. The highest BCUT2D eigenvalue weighted by molar-refractivity contribution is 5.85. The predicted molar refractivity (Wildman–Crippen MR) is 109 cm³/mol. The van der Waals surface area contributed by atoms with Crippen LogP contribution in [0, 0.1) is 12.7 Å². The second-order valence-corrected chi connectivity index (χ2v) is 8.58. The fraction of sp³-hybridized carbons (Fsp3) is 0.478. The number of aryl methyl sites for hydroxylation is 2. The highest BCUT2D eigenvalue weighted by atomic mass is 35.5. The lowest BCUT2D eigenvalue weighted by molar-refractivity contribution is -0.228. The topological polar surface area (TPSA) is 12.0 Å². The van der Waals surface area contributed by atoms with E-state index in [2.05, 4.69) is 5.32 Å². The van der Waals surface area contributed by atoms with Gasteiger partial charge >= 0.3 is 6.18 Å². The molecule has 1 nitrogen and oxygen atoms in total. The zero-order valence-corrected chi connectivity index (χ0v) is 17.7. The number of hydrogen-bond acceptors (Lipinski definition) is 1. The summed E-state index contributed by atoms with van der Waals surface area (Å²) in [5.74, 6) is -0.254. The Hall–Kier alpha value is -1.66. The van der Waals surface area contributed by atoms with Gasteiger partial charge in [-0.2, -0.15) is 13.2 Å². The summed E-state index contributed by atoms with van der Waals surface area (Å²) in [5, 5.41) is 3.53. The van der Waals surface area contributed by atoms with Crippen LogP contribution in [0.15, 0.2) is 36.4 Å². The third-order valence-corrected chi connectivity index (χ3v) is 6.79. The van der Waals surface area contributed by atoms with E-state index in [1.165, 1.54) is 18.2 Å². The van der Waals surface area contributed by atoms with Crippen LogP contribution in [0.1, 0.15) is 47.6 Å². The van der Waals surface area contributed by atoms with Crippen LogP contribution >= 0.6 is 12.4 Å². The monoisotopic (exact) mass is 445 g/mol. The fourth-order valence-electron chi connectivity index (χ4n) is 5.07. The van der Waals surface area contributed by atoms with Gasteiger partial charge in [-0.05, 0) is 80.0 Å². The van der Waals surface area contributed by atoms with E-state index in [-0.39, 0.29) is 35.2 Å². The van der Waals surface area contributed by atoms with E-state index in [0.29, 0.717) is 25.3 Å². The fourth-order valence-corrected chi connectivity index (χ4v) is 5.07. The molecule has 3 unspecified atom stereocenters. The van der Waals surface area contributed by atoms with Gasteiger partial charge in [-0.1, -0.05) is 30.3 Å². The molecule has 0 amide bonds. The summed E-state index contributed by atoms with van der Waals surface area (Å²) in [5.41, 5.74) is -0.654. The second kappa shape index (κ2) is 7.79. The van der Waals surface area contributed by atoms with Crippen molar-refractivity contribution >= 4 is 12.4 Å². The third kappa shape index (κ3) is 3.62. The first-order valence-electron chi connectivity index (χ1n) is 9.92. The molecule has 30 heavy (non-hydrogen) atoms. The van der Waals surface area contributed by atoms with E-state index in [0.717, 1.165) is 36.1 Å². The van der Waals surface area contributed by atoms with Gasteiger partial charge in [0.2, 0.25) is 5.67 Å². The maximum atomic E-state index is 14.5. The third-order valence-electron chi connectivity index (χ3n) is 6.79. The van der Waals surface area contributed by atoms with Crippen molar-refractivity contribution in [2.75, 3.05) is 6.54 Å². The van der Waals surface area contributed by atoms with Gasteiger partial charge in [0.1, 0.15) is 5.82 Å². The van der Waals surface area contributed by atoms with E-state index >= 15 is 0 Å². The van der Waals surface area contributed by atoms with Crippen LogP contribution in [0.25, 0.3) is 0 Å². The highest BCUT2D eigenvalue weighted by Gasteiger charge is 2.54. The van der Waals surface area contributed by atoms with Crippen molar-refractivity contribution in [1.29, 1.82) is 0 Å². The number of hydrogen-bond donors (Lipinski definition) is 1. The van der Waals surface area contributed by atoms with Crippen LogP contribution < -0.4 is 5.32 Å². The standard InChI is InChI=1S/C23H24F5N.ClH/c1-14-11-15(3-7-19(14)24)13-22-9-10-29-20(22)8-4-16-12-17(5-6-18(16)22)21(2,25)23(26,27)28;/h3,5-7,11-12,20,29H,4,8-10,13H2,1-2H3;1H. The average Bonchev–Trinajstić information content (AvgIpc) is 3.07. The molecular weight excluding hydrogens is 421 g/mol. The molecule has 2 aromatic rings. The number of halogens is 6. The van der Waals surface area contributed by atoms with Crippen LogP contribution in [0.2, 0.25) is 0 Å². The number of rotatable bonds is 3. The number of nitrogens with one attached hydrogen (secondary N) is 1. The lowest BCUT2D eigenvalue weighted by atomic mass is 9.63. The molecule has 1 saturated heterocycles. The average molecular weight is 446 g/mol. The normalized spacial score (nSPS) is 25.1. The maximum absolute atomic E-state index is 14.5. The predicted octanol–water partition coefficient (Wildman–Crippen LogP) is 6.09. The quantitative estimate of drug-likeness (QED) is 0.563. The molecule has 0 aromatic heterocycles. The van der Waals surface area contributed by atoms with E-state index in [4.69, 9.17) is 0 Å². The molecule has 164 valence electrons. The van der Waals surface area contributed by atoms with Crippen molar-refractivity contribution in [3.63, 3.8) is 0 Å². The molecule has 2 aliphatic rings. The minimum absolute atomic E-state index is 0. The van der Waals surface area contributed by atoms with Gasteiger partial charge in [-0.15, -0.1) is 12.4 Å². The molecule has 0 saturated carbocycles. The van der Waals surface area contributed by atoms with Crippen molar-refractivity contribution in [1.82, 2.24) is 5.32 Å². The smallest absolute Gasteiger partial charge is 0.313 e. The van der Waals surface area contributed by atoms with Gasteiger partial charge in [0.05, 0.1) is 0 Å². The van der Waals surface area contributed by atoms with Gasteiger partial charge in [-0.25, -0.2) is 8.78 Å². The minimum atomic E-state index is -4.96. The first-order chi connectivity index (χ1) is 13.5. The van der Waals surface area contributed by atoms with Crippen LogP contribution in [0.5, 0.6) is 0 Å². The molecule has 4 rings (SSSR count). The van der Waals surface area contributed by atoms with Gasteiger partial charge in [0, 0.05) is 11.5 Å². The molecule has 1 aliphatic carbocycles. The summed E-state index contributed by atoms with van der Waals surface area (Å²) >= 11 is 0. The molecule has 1 N–H and O–H groups in total. The Balaban J connectivity index is 0.00000256. The Bertz CT molecular complexity index is 940. The van der Waals surface area contributed by atoms with E-state index < -0.39 is 11.8 Å². The van der Waals surface area contributed by atoms with E-state index in [1.54, 1.807) is 19.1 Å². The van der Waals surface area contributed by atoms with Gasteiger partial charge in [0.15, 0.2) is 0 Å².